The van der Waals surface area contributed by atoms with Crippen LogP contribution in [0.15, 0.2) is 42.6 Å². The number of hydrogen-bond donors (Lipinski definition) is 2. The highest BCUT2D eigenvalue weighted by Crippen LogP contribution is 2.23. The van der Waals surface area contributed by atoms with Crippen LogP contribution in [0.3, 0.4) is 0 Å². The van der Waals surface area contributed by atoms with Gasteiger partial charge < -0.3 is 10.4 Å². The first-order valence-corrected chi connectivity index (χ1v) is 8.17. The van der Waals surface area contributed by atoms with Crippen LogP contribution in [-0.2, 0) is 11.2 Å². The van der Waals surface area contributed by atoms with Crippen LogP contribution in [0.4, 0.5) is 14.5 Å². The Labute approximate surface area is 154 Å². The highest BCUT2D eigenvalue weighted by Gasteiger charge is 2.15. The molecular weight excluding hydrogens is 354 g/mol. The molecule has 0 aliphatic rings. The molecule has 8 heteroatoms. The van der Waals surface area contributed by atoms with E-state index in [0.717, 1.165) is 18.2 Å². The molecule has 1 amide bonds. The Balaban J connectivity index is 1.70. The summed E-state index contributed by atoms with van der Waals surface area (Å²) in [6, 6.07) is 8.06. The minimum Gasteiger partial charge on any atom is -0.493 e. The van der Waals surface area contributed by atoms with Gasteiger partial charge in [0.25, 0.3) is 0 Å². The Hall–Kier alpha value is -3.42. The van der Waals surface area contributed by atoms with E-state index >= 15 is 0 Å². The van der Waals surface area contributed by atoms with Crippen LogP contribution in [0.2, 0.25) is 0 Å². The molecule has 1 aromatic carbocycles. The number of amides is 1. The summed E-state index contributed by atoms with van der Waals surface area (Å²) in [4.78, 5) is 24.5. The number of nitrogens with zero attached hydrogens (tertiary/aromatic N) is 3. The number of anilines is 1. The molecule has 0 unspecified atom stereocenters. The highest BCUT2D eigenvalue weighted by atomic mass is 19.1. The predicted octanol–water partition coefficient (Wildman–Crippen LogP) is 3.40. The Morgan fingerprint density at radius 1 is 1.19 bits per heavy atom. The molecule has 2 heterocycles. The van der Waals surface area contributed by atoms with Crippen LogP contribution in [0.5, 0.6) is 5.88 Å². The number of carbonyl (C=O) groups is 1. The first-order chi connectivity index (χ1) is 12.9. The van der Waals surface area contributed by atoms with E-state index in [0.29, 0.717) is 17.0 Å². The number of benzene rings is 1. The number of halogens is 2. The van der Waals surface area contributed by atoms with Gasteiger partial charge in [-0.1, -0.05) is 6.07 Å². The lowest BCUT2D eigenvalue weighted by atomic mass is 10.1. The molecule has 0 saturated heterocycles. The van der Waals surface area contributed by atoms with Crippen molar-refractivity contribution in [2.45, 2.75) is 19.8 Å². The van der Waals surface area contributed by atoms with Gasteiger partial charge in [0.1, 0.15) is 17.3 Å². The maximum absolute atomic E-state index is 13.6. The zero-order valence-corrected chi connectivity index (χ0v) is 14.4. The minimum atomic E-state index is -0.730. The van der Waals surface area contributed by atoms with Crippen LogP contribution in [-0.4, -0.2) is 26.0 Å². The van der Waals surface area contributed by atoms with Gasteiger partial charge >= 0.3 is 0 Å². The Bertz CT molecular complexity index is 958. The molecule has 138 valence electrons. The van der Waals surface area contributed by atoms with E-state index in [4.69, 9.17) is 0 Å². The molecule has 2 aromatic heterocycles. The van der Waals surface area contributed by atoms with Crippen molar-refractivity contribution in [3.63, 3.8) is 0 Å². The molecule has 0 saturated carbocycles. The third-order valence-corrected chi connectivity index (χ3v) is 3.89. The number of aromatic nitrogens is 3. The lowest BCUT2D eigenvalue weighted by Gasteiger charge is -2.10. The summed E-state index contributed by atoms with van der Waals surface area (Å²) >= 11 is 0. The standard InChI is InChI=1S/C19H16F2N4O2/c1-11-13(19(27)25-18(23-11)15-4-2-3-9-22-15)6-8-17(26)24-16-10-12(20)5-7-14(16)21/h2-5,7,9-10H,6,8H2,1H3,(H,24,26)(H,23,25,27). The number of pyridine rings is 1. The summed E-state index contributed by atoms with van der Waals surface area (Å²) in [5, 5.41) is 12.5. The molecular formula is C19H16F2N4O2. The van der Waals surface area contributed by atoms with E-state index in [9.17, 15) is 18.7 Å². The predicted molar refractivity (Wildman–Crippen MR) is 95.0 cm³/mol. The summed E-state index contributed by atoms with van der Waals surface area (Å²) in [6.07, 6.45) is 1.68. The van der Waals surface area contributed by atoms with Crippen molar-refractivity contribution in [3.05, 3.63) is 65.5 Å². The average molecular weight is 370 g/mol. The van der Waals surface area contributed by atoms with Crippen LogP contribution < -0.4 is 5.32 Å². The second-order valence-corrected chi connectivity index (χ2v) is 5.82. The molecule has 0 aliphatic carbocycles. The molecule has 0 spiro atoms. The van der Waals surface area contributed by atoms with Crippen molar-refractivity contribution in [2.24, 2.45) is 0 Å². The second-order valence-electron chi connectivity index (χ2n) is 5.82. The molecule has 3 rings (SSSR count). The van der Waals surface area contributed by atoms with Crippen molar-refractivity contribution >= 4 is 11.6 Å². The summed E-state index contributed by atoms with van der Waals surface area (Å²) in [5.74, 6) is -1.87. The van der Waals surface area contributed by atoms with Gasteiger partial charge in [-0.05, 0) is 37.6 Å². The summed E-state index contributed by atoms with van der Waals surface area (Å²) in [6.45, 7) is 1.69. The molecule has 27 heavy (non-hydrogen) atoms. The zero-order valence-electron chi connectivity index (χ0n) is 14.4. The quantitative estimate of drug-likeness (QED) is 0.719. The van der Waals surface area contributed by atoms with Crippen molar-refractivity contribution in [1.29, 1.82) is 0 Å². The maximum Gasteiger partial charge on any atom is 0.224 e. The second kappa shape index (κ2) is 7.86. The fraction of sp³-hybridized carbons (Fsp3) is 0.158. The van der Waals surface area contributed by atoms with Gasteiger partial charge in [-0.15, -0.1) is 0 Å². The molecule has 0 aliphatic heterocycles. The van der Waals surface area contributed by atoms with Crippen LogP contribution in [0, 0.1) is 18.6 Å². The van der Waals surface area contributed by atoms with Crippen LogP contribution in [0.25, 0.3) is 11.5 Å². The molecule has 2 N–H and O–H groups in total. The third kappa shape index (κ3) is 4.41. The fourth-order valence-corrected chi connectivity index (χ4v) is 2.53. The van der Waals surface area contributed by atoms with Gasteiger partial charge in [0.05, 0.1) is 5.69 Å². The molecule has 0 fully saturated rings. The molecule has 3 aromatic rings. The van der Waals surface area contributed by atoms with E-state index in [1.807, 2.05) is 0 Å². The highest BCUT2D eigenvalue weighted by molar-refractivity contribution is 5.91. The number of hydrogen-bond acceptors (Lipinski definition) is 5. The summed E-state index contributed by atoms with van der Waals surface area (Å²) < 4.78 is 26.7. The molecule has 6 nitrogen and oxygen atoms in total. The monoisotopic (exact) mass is 370 g/mol. The van der Waals surface area contributed by atoms with Gasteiger partial charge in [0, 0.05) is 29.9 Å². The SMILES string of the molecule is Cc1nc(-c2ccccn2)nc(O)c1CCC(=O)Nc1cc(F)ccc1F. The van der Waals surface area contributed by atoms with Gasteiger partial charge in [0.15, 0.2) is 5.82 Å². The van der Waals surface area contributed by atoms with Crippen molar-refractivity contribution in [2.75, 3.05) is 5.32 Å². The number of rotatable bonds is 5. The van der Waals surface area contributed by atoms with Gasteiger partial charge in [0.2, 0.25) is 11.8 Å². The molecule has 0 bridgehead atoms. The van der Waals surface area contributed by atoms with Crippen LogP contribution in [0.1, 0.15) is 17.7 Å². The topological polar surface area (TPSA) is 88.0 Å². The van der Waals surface area contributed by atoms with Crippen molar-refractivity contribution < 1.29 is 18.7 Å². The van der Waals surface area contributed by atoms with E-state index < -0.39 is 17.5 Å². The van der Waals surface area contributed by atoms with Crippen molar-refractivity contribution in [3.8, 4) is 17.4 Å². The maximum atomic E-state index is 13.6. The van der Waals surface area contributed by atoms with Gasteiger partial charge in [-0.2, -0.15) is 4.98 Å². The smallest absolute Gasteiger partial charge is 0.224 e. The fourth-order valence-electron chi connectivity index (χ4n) is 2.53. The largest absolute Gasteiger partial charge is 0.493 e. The number of carbonyl (C=O) groups excluding carboxylic acids is 1. The van der Waals surface area contributed by atoms with Crippen LogP contribution >= 0.6 is 0 Å². The number of nitrogens with one attached hydrogen (secondary N) is 1. The molecule has 0 radical (unpaired) electrons. The third-order valence-electron chi connectivity index (χ3n) is 3.89. The Morgan fingerprint density at radius 2 is 2.00 bits per heavy atom. The lowest BCUT2D eigenvalue weighted by Crippen LogP contribution is -2.14. The van der Waals surface area contributed by atoms with Gasteiger partial charge in [-0.3, -0.25) is 9.78 Å². The lowest BCUT2D eigenvalue weighted by molar-refractivity contribution is -0.116. The summed E-state index contributed by atoms with van der Waals surface area (Å²) in [7, 11) is 0. The number of aryl methyl sites for hydroxylation is 1. The Kier molecular flexibility index (Phi) is 5.35. The average Bonchev–Trinajstić information content (AvgIpc) is 2.64. The summed E-state index contributed by atoms with van der Waals surface area (Å²) in [5.41, 5.74) is 1.20. The van der Waals surface area contributed by atoms with Crippen molar-refractivity contribution in [1.82, 2.24) is 15.0 Å². The van der Waals surface area contributed by atoms with E-state index in [2.05, 4.69) is 20.3 Å². The Morgan fingerprint density at radius 3 is 2.70 bits per heavy atom. The van der Waals surface area contributed by atoms with E-state index in [1.165, 1.54) is 0 Å². The first kappa shape index (κ1) is 18.4. The zero-order chi connectivity index (χ0) is 19.4. The first-order valence-electron chi connectivity index (χ1n) is 8.17. The molecule has 0 atom stereocenters. The number of aromatic hydroxyl groups is 1. The van der Waals surface area contributed by atoms with E-state index in [-0.39, 0.29) is 30.2 Å². The minimum absolute atomic E-state index is 0.0589. The van der Waals surface area contributed by atoms with E-state index in [1.54, 1.807) is 31.3 Å². The normalized spacial score (nSPS) is 10.6. The van der Waals surface area contributed by atoms with Gasteiger partial charge in [-0.25, -0.2) is 13.8 Å².